The number of carboxylic acid groups (broad SMARTS) is 1. The van der Waals surface area contributed by atoms with Crippen LogP contribution in [0.25, 0.3) is 0 Å². The zero-order valence-corrected chi connectivity index (χ0v) is 19.4. The molecule has 0 spiro atoms. The van der Waals surface area contributed by atoms with Crippen molar-refractivity contribution in [1.82, 2.24) is 0 Å². The quantitative estimate of drug-likeness (QED) is 0.115. The first kappa shape index (κ1) is 28.2. The van der Waals surface area contributed by atoms with Crippen molar-refractivity contribution in [2.75, 3.05) is 0 Å². The maximum absolute atomic E-state index is 10.4. The first-order valence-electron chi connectivity index (χ1n) is 12.3. The third-order valence-electron chi connectivity index (χ3n) is 4.92. The van der Waals surface area contributed by atoms with Crippen LogP contribution in [0.4, 0.5) is 0 Å². The van der Waals surface area contributed by atoms with Crippen LogP contribution in [-0.2, 0) is 4.79 Å². The zero-order valence-electron chi connectivity index (χ0n) is 19.4. The zero-order chi connectivity index (χ0) is 22.0. The van der Waals surface area contributed by atoms with Crippen LogP contribution in [0.5, 0.6) is 0 Å². The lowest BCUT2D eigenvalue weighted by Gasteiger charge is -1.98. The van der Waals surface area contributed by atoms with Crippen molar-refractivity contribution in [2.24, 2.45) is 0 Å². The Bertz CT molecular complexity index is 509. The predicted molar refractivity (Wildman–Crippen MR) is 133 cm³/mol. The molecule has 0 rings (SSSR count). The van der Waals surface area contributed by atoms with Crippen LogP contribution >= 0.6 is 0 Å². The van der Waals surface area contributed by atoms with Crippen LogP contribution in [0.1, 0.15) is 110 Å². The maximum Gasteiger partial charge on any atom is 0.303 e. The van der Waals surface area contributed by atoms with Crippen molar-refractivity contribution in [1.29, 1.82) is 0 Å². The molecule has 2 heteroatoms. The van der Waals surface area contributed by atoms with Gasteiger partial charge in [0.15, 0.2) is 0 Å². The number of allylic oxidation sites excluding steroid dienone is 10. The van der Waals surface area contributed by atoms with Gasteiger partial charge in [0.1, 0.15) is 0 Å². The maximum atomic E-state index is 10.4. The summed E-state index contributed by atoms with van der Waals surface area (Å²) in [7, 11) is 0. The van der Waals surface area contributed by atoms with E-state index in [2.05, 4.69) is 67.7 Å². The van der Waals surface area contributed by atoms with Gasteiger partial charge < -0.3 is 5.11 Å². The van der Waals surface area contributed by atoms with Crippen molar-refractivity contribution in [3.05, 3.63) is 60.8 Å². The molecular weight excluding hydrogens is 368 g/mol. The Morgan fingerprint density at radius 1 is 0.567 bits per heavy atom. The molecule has 1 N–H and O–H groups in total. The molecule has 170 valence electrons. The summed E-state index contributed by atoms with van der Waals surface area (Å²) < 4.78 is 0. The van der Waals surface area contributed by atoms with Crippen LogP contribution in [0, 0.1) is 0 Å². The highest BCUT2D eigenvalue weighted by atomic mass is 16.4. The number of hydrogen-bond donors (Lipinski definition) is 1. The van der Waals surface area contributed by atoms with Crippen LogP contribution < -0.4 is 0 Å². The lowest BCUT2D eigenvalue weighted by Crippen LogP contribution is -1.93. The minimum atomic E-state index is -0.678. The SMILES string of the molecule is CC/C=C/C/C=C/C/C=C/CCCCCCC/C=C/C=C/CCCCCCC(=O)O. The summed E-state index contributed by atoms with van der Waals surface area (Å²) in [5, 5.41) is 8.57. The number of unbranched alkanes of at least 4 members (excludes halogenated alkanes) is 10. The van der Waals surface area contributed by atoms with Crippen LogP contribution in [0.3, 0.4) is 0 Å². The van der Waals surface area contributed by atoms with Gasteiger partial charge in [0.05, 0.1) is 0 Å². The molecule has 0 unspecified atom stereocenters. The fourth-order valence-electron chi connectivity index (χ4n) is 3.12. The number of hydrogen-bond acceptors (Lipinski definition) is 1. The molecule has 0 bridgehead atoms. The Morgan fingerprint density at radius 2 is 1.00 bits per heavy atom. The average Bonchev–Trinajstić information content (AvgIpc) is 2.73. The second kappa shape index (κ2) is 25.2. The van der Waals surface area contributed by atoms with Gasteiger partial charge in [0.25, 0.3) is 0 Å². The molecular formula is C28H46O2. The van der Waals surface area contributed by atoms with Gasteiger partial charge in [0, 0.05) is 6.42 Å². The molecule has 0 saturated heterocycles. The fourth-order valence-corrected chi connectivity index (χ4v) is 3.12. The second-order valence-electron chi connectivity index (χ2n) is 7.84. The van der Waals surface area contributed by atoms with Gasteiger partial charge in [-0.05, 0) is 64.2 Å². The highest BCUT2D eigenvalue weighted by Crippen LogP contribution is 2.09. The lowest BCUT2D eigenvalue weighted by atomic mass is 10.1. The molecule has 0 aromatic heterocycles. The normalized spacial score (nSPS) is 12.6. The monoisotopic (exact) mass is 414 g/mol. The summed E-state index contributed by atoms with van der Waals surface area (Å²) in [6.45, 7) is 2.17. The van der Waals surface area contributed by atoms with E-state index in [0.29, 0.717) is 6.42 Å². The standard InChI is InChI=1S/C28H46O2/c1-2-3-4-5-6-7-8-9-10-11-12-13-14-15-16-17-18-19-20-21-22-23-24-25-26-27-28(29)30/h3-4,6-7,9-10,18-21H,2,5,8,11-17,22-27H2,1H3,(H,29,30)/b4-3+,7-6+,10-9+,19-18+,21-20+. The topological polar surface area (TPSA) is 37.3 Å². The van der Waals surface area contributed by atoms with E-state index in [1.807, 2.05) is 0 Å². The molecule has 0 aromatic carbocycles. The molecule has 0 radical (unpaired) electrons. The van der Waals surface area contributed by atoms with E-state index in [0.717, 1.165) is 51.4 Å². The second-order valence-corrected chi connectivity index (χ2v) is 7.84. The Balaban J connectivity index is 3.30. The Morgan fingerprint density at radius 3 is 1.53 bits per heavy atom. The number of rotatable bonds is 21. The summed E-state index contributed by atoms with van der Waals surface area (Å²) in [5.41, 5.74) is 0. The van der Waals surface area contributed by atoms with Gasteiger partial charge in [-0.3, -0.25) is 4.79 Å². The van der Waals surface area contributed by atoms with Gasteiger partial charge in [-0.2, -0.15) is 0 Å². The van der Waals surface area contributed by atoms with Gasteiger partial charge in [0.2, 0.25) is 0 Å². The highest BCUT2D eigenvalue weighted by Gasteiger charge is 1.95. The summed E-state index contributed by atoms with van der Waals surface area (Å²) in [6.07, 6.45) is 40.2. The smallest absolute Gasteiger partial charge is 0.303 e. The molecule has 0 aliphatic carbocycles. The highest BCUT2D eigenvalue weighted by molar-refractivity contribution is 5.66. The predicted octanol–water partition coefficient (Wildman–Crippen LogP) is 9.11. The molecule has 0 saturated carbocycles. The van der Waals surface area contributed by atoms with Gasteiger partial charge in [-0.25, -0.2) is 0 Å². The lowest BCUT2D eigenvalue weighted by molar-refractivity contribution is -0.137. The molecule has 0 aliphatic rings. The van der Waals surface area contributed by atoms with Crippen molar-refractivity contribution >= 4 is 5.97 Å². The number of aliphatic carboxylic acids is 1. The molecule has 2 nitrogen and oxygen atoms in total. The minimum absolute atomic E-state index is 0.311. The van der Waals surface area contributed by atoms with Crippen LogP contribution in [0.2, 0.25) is 0 Å². The largest absolute Gasteiger partial charge is 0.481 e. The molecule has 0 heterocycles. The minimum Gasteiger partial charge on any atom is -0.481 e. The van der Waals surface area contributed by atoms with Crippen molar-refractivity contribution in [3.63, 3.8) is 0 Å². The number of carboxylic acids is 1. The molecule has 0 amide bonds. The summed E-state index contributed by atoms with van der Waals surface area (Å²) in [6, 6.07) is 0. The van der Waals surface area contributed by atoms with E-state index in [4.69, 9.17) is 5.11 Å². The van der Waals surface area contributed by atoms with Crippen LogP contribution in [0.15, 0.2) is 60.8 Å². The average molecular weight is 415 g/mol. The molecule has 0 aliphatic heterocycles. The Kier molecular flexibility index (Phi) is 23.7. The van der Waals surface area contributed by atoms with Crippen LogP contribution in [-0.4, -0.2) is 11.1 Å². The molecule has 0 fully saturated rings. The van der Waals surface area contributed by atoms with E-state index in [-0.39, 0.29) is 0 Å². The summed E-state index contributed by atoms with van der Waals surface area (Å²) in [4.78, 5) is 10.4. The van der Waals surface area contributed by atoms with Gasteiger partial charge in [-0.15, -0.1) is 0 Å². The van der Waals surface area contributed by atoms with E-state index in [1.54, 1.807) is 0 Å². The van der Waals surface area contributed by atoms with E-state index in [1.165, 1.54) is 44.9 Å². The Labute approximate surface area is 186 Å². The summed E-state index contributed by atoms with van der Waals surface area (Å²) >= 11 is 0. The van der Waals surface area contributed by atoms with E-state index >= 15 is 0 Å². The van der Waals surface area contributed by atoms with Crippen molar-refractivity contribution in [2.45, 2.75) is 110 Å². The third kappa shape index (κ3) is 26.2. The first-order chi connectivity index (χ1) is 14.8. The Hall–Kier alpha value is -1.83. The van der Waals surface area contributed by atoms with Gasteiger partial charge in [-0.1, -0.05) is 99.8 Å². The summed E-state index contributed by atoms with van der Waals surface area (Å²) in [5.74, 6) is -0.678. The van der Waals surface area contributed by atoms with Crippen molar-refractivity contribution < 1.29 is 9.90 Å². The number of carbonyl (C=O) groups is 1. The van der Waals surface area contributed by atoms with E-state index in [9.17, 15) is 4.79 Å². The van der Waals surface area contributed by atoms with Gasteiger partial charge >= 0.3 is 5.97 Å². The molecule has 0 atom stereocenters. The van der Waals surface area contributed by atoms with Crippen molar-refractivity contribution in [3.8, 4) is 0 Å². The molecule has 30 heavy (non-hydrogen) atoms. The molecule has 0 aromatic rings. The first-order valence-corrected chi connectivity index (χ1v) is 12.3. The third-order valence-corrected chi connectivity index (χ3v) is 4.92. The van der Waals surface area contributed by atoms with E-state index < -0.39 is 5.97 Å². The fraction of sp³-hybridized carbons (Fsp3) is 0.607.